The minimum atomic E-state index is -0.798. The van der Waals surface area contributed by atoms with Gasteiger partial charge in [-0.3, -0.25) is 9.59 Å². The van der Waals surface area contributed by atoms with Gasteiger partial charge in [-0.05, 0) is 161 Å². The van der Waals surface area contributed by atoms with Gasteiger partial charge in [0, 0.05) is 12.8 Å². The lowest BCUT2D eigenvalue weighted by molar-refractivity contribution is -0.161. The Kier molecular flexibility index (Phi) is 74.0. The van der Waals surface area contributed by atoms with Crippen molar-refractivity contribution in [2.45, 2.75) is 290 Å². The molecule has 0 rings (SSSR count). The molecule has 0 saturated heterocycles. The molecule has 5 nitrogen and oxygen atoms in total. The Bertz CT molecular complexity index is 2220. The molecule has 92 heavy (non-hydrogen) atoms. The van der Waals surface area contributed by atoms with Crippen LogP contribution in [0.25, 0.3) is 0 Å². The van der Waals surface area contributed by atoms with Crippen LogP contribution in [-0.4, -0.2) is 36.4 Å². The van der Waals surface area contributed by atoms with Crippen LogP contribution in [-0.2, 0) is 19.1 Å². The second-order valence-electron chi connectivity index (χ2n) is 23.6. The Hall–Kier alpha value is -6.04. The Morgan fingerprint density at radius 2 is 0.435 bits per heavy atom. The fourth-order valence-electron chi connectivity index (χ4n) is 9.52. The van der Waals surface area contributed by atoms with E-state index in [2.05, 4.69) is 245 Å². The molecule has 0 aliphatic rings. The summed E-state index contributed by atoms with van der Waals surface area (Å²) in [5.74, 6) is -0.617. The smallest absolute Gasteiger partial charge is 0.306 e. The van der Waals surface area contributed by atoms with Crippen LogP contribution in [0, 0.1) is 0 Å². The maximum Gasteiger partial charge on any atom is 0.306 e. The molecule has 512 valence electrons. The lowest BCUT2D eigenvalue weighted by atomic mass is 10.0. The van der Waals surface area contributed by atoms with Crippen LogP contribution < -0.4 is 0 Å². The van der Waals surface area contributed by atoms with Crippen LogP contribution in [0.4, 0.5) is 0 Å². The van der Waals surface area contributed by atoms with E-state index in [4.69, 9.17) is 9.47 Å². The summed E-state index contributed by atoms with van der Waals surface area (Å²) >= 11 is 0. The first-order valence-electron chi connectivity index (χ1n) is 36.9. The van der Waals surface area contributed by atoms with Gasteiger partial charge in [-0.1, -0.05) is 341 Å². The summed E-state index contributed by atoms with van der Waals surface area (Å²) in [6.07, 6.45) is 129. The number of ether oxygens (including phenoxy) is 2. The van der Waals surface area contributed by atoms with Crippen LogP contribution >= 0.6 is 0 Å². The topological polar surface area (TPSA) is 72.8 Å². The fourth-order valence-corrected chi connectivity index (χ4v) is 9.52. The van der Waals surface area contributed by atoms with Gasteiger partial charge in [-0.15, -0.1) is 0 Å². The van der Waals surface area contributed by atoms with E-state index in [0.717, 1.165) is 167 Å². The molecule has 0 aliphatic heterocycles. The van der Waals surface area contributed by atoms with Crippen molar-refractivity contribution in [2.24, 2.45) is 0 Å². The van der Waals surface area contributed by atoms with Crippen molar-refractivity contribution in [3.63, 3.8) is 0 Å². The maximum atomic E-state index is 12.4. The van der Waals surface area contributed by atoms with Gasteiger partial charge in [-0.2, -0.15) is 0 Å². The first-order chi connectivity index (χ1) is 45.6. The largest absolute Gasteiger partial charge is 0.462 e. The first-order valence-corrected chi connectivity index (χ1v) is 36.9. The van der Waals surface area contributed by atoms with Crippen LogP contribution in [0.2, 0.25) is 0 Å². The number of allylic oxidation sites excluding steroid dienone is 38. The van der Waals surface area contributed by atoms with Gasteiger partial charge in [-0.25, -0.2) is 0 Å². The predicted molar refractivity (Wildman–Crippen MR) is 407 cm³/mol. The summed E-state index contributed by atoms with van der Waals surface area (Å²) in [6.45, 7) is 3.90. The summed E-state index contributed by atoms with van der Waals surface area (Å²) < 4.78 is 10.8. The highest BCUT2D eigenvalue weighted by atomic mass is 16.6. The average molecular weight is 1260 g/mol. The van der Waals surface area contributed by atoms with E-state index in [1.54, 1.807) is 0 Å². The number of carbonyl (C=O) groups excluding carboxylic acids is 2. The zero-order valence-electron chi connectivity index (χ0n) is 58.7. The SMILES string of the molecule is CC/C=C\C/C=C\C/C=C\C/C=C\C/C=C\C/C=C\C/C=C\C/C=C\C/C=C\C/C=C\C/C=C\CCCCCCCCCC(=O)OC(CO)COC(=O)CCCCCCCCCCCCCC/C=C\C/C=C\C/C=C\C/C=C\C/C=C\C/C=C\C/C=C\C/C=C\CC. The molecular formula is C87H134O5. The van der Waals surface area contributed by atoms with Crippen molar-refractivity contribution < 1.29 is 24.2 Å². The molecule has 1 unspecified atom stereocenters. The number of esters is 2. The average Bonchev–Trinajstić information content (AvgIpc) is 3.64. The molecule has 0 saturated carbocycles. The third kappa shape index (κ3) is 76.4. The van der Waals surface area contributed by atoms with Crippen molar-refractivity contribution >= 4 is 11.9 Å². The lowest BCUT2D eigenvalue weighted by Gasteiger charge is -2.15. The van der Waals surface area contributed by atoms with E-state index in [-0.39, 0.29) is 25.2 Å². The molecular weight excluding hydrogens is 1120 g/mol. The summed E-state index contributed by atoms with van der Waals surface area (Å²) in [4.78, 5) is 24.7. The van der Waals surface area contributed by atoms with E-state index in [1.165, 1.54) is 89.9 Å². The summed E-state index contributed by atoms with van der Waals surface area (Å²) in [5, 5.41) is 9.72. The molecule has 0 spiro atoms. The molecule has 0 fully saturated rings. The quantitative estimate of drug-likeness (QED) is 0.0373. The second-order valence-corrected chi connectivity index (χ2v) is 23.6. The Labute approximate surface area is 566 Å². The summed E-state index contributed by atoms with van der Waals surface area (Å²) in [6, 6.07) is 0. The maximum absolute atomic E-state index is 12.4. The predicted octanol–water partition coefficient (Wildman–Crippen LogP) is 26.4. The van der Waals surface area contributed by atoms with E-state index in [9.17, 15) is 14.7 Å². The molecule has 0 aromatic rings. The second kappa shape index (κ2) is 79.2. The van der Waals surface area contributed by atoms with Crippen molar-refractivity contribution in [3.05, 3.63) is 231 Å². The molecule has 0 heterocycles. The third-order valence-electron chi connectivity index (χ3n) is 15.0. The minimum Gasteiger partial charge on any atom is -0.462 e. The molecule has 0 radical (unpaired) electrons. The standard InChI is InChI=1S/C87H134O5/c1-3-5-7-9-11-13-15-17-19-21-23-25-27-29-31-33-35-37-39-41-42-43-44-46-48-50-52-54-56-58-60-62-64-66-68-70-72-74-76-78-80-82-87(90)92-85(83-88)84-91-86(89)81-79-77-75-73-71-69-67-65-63-61-59-57-55-53-51-49-47-45-40-38-36-34-32-30-28-26-24-22-20-18-16-14-12-10-8-6-4-2/h5-8,11-14,17-20,23-26,29-32,35-38,41-42,44-47,50-53,56,58,62,64,85,88H,3-4,9-10,15-16,21-22,27-28,33-34,39-40,43,48-49,54-55,57,59-61,63,65-84H2,1-2H3/b7-5-,8-6-,13-11-,14-12-,19-17-,20-18-,25-23-,26-24-,31-29-,32-30-,37-35-,38-36-,42-41-,46-44-,47-45-,52-50-,53-51-,58-56-,64-62-. The van der Waals surface area contributed by atoms with Gasteiger partial charge in [0.2, 0.25) is 0 Å². The van der Waals surface area contributed by atoms with Gasteiger partial charge >= 0.3 is 11.9 Å². The number of hydrogen-bond donors (Lipinski definition) is 1. The van der Waals surface area contributed by atoms with Crippen molar-refractivity contribution in [3.8, 4) is 0 Å². The Balaban J connectivity index is 3.61. The van der Waals surface area contributed by atoms with E-state index >= 15 is 0 Å². The normalized spacial score (nSPS) is 13.6. The number of aliphatic hydroxyl groups is 1. The number of hydrogen-bond acceptors (Lipinski definition) is 5. The molecule has 0 bridgehead atoms. The van der Waals surface area contributed by atoms with Crippen LogP contribution in [0.3, 0.4) is 0 Å². The van der Waals surface area contributed by atoms with E-state index in [0.29, 0.717) is 12.8 Å². The van der Waals surface area contributed by atoms with Crippen LogP contribution in [0.5, 0.6) is 0 Å². The molecule has 0 aromatic carbocycles. The minimum absolute atomic E-state index is 0.0848. The van der Waals surface area contributed by atoms with Crippen molar-refractivity contribution in [2.75, 3.05) is 13.2 Å². The Morgan fingerprint density at radius 3 is 0.652 bits per heavy atom. The summed E-state index contributed by atoms with van der Waals surface area (Å²) in [7, 11) is 0. The number of carbonyl (C=O) groups is 2. The van der Waals surface area contributed by atoms with Gasteiger partial charge in [0.05, 0.1) is 6.61 Å². The fraction of sp³-hybridized carbons (Fsp3) is 0.540. The van der Waals surface area contributed by atoms with Gasteiger partial charge in [0.15, 0.2) is 6.10 Å². The van der Waals surface area contributed by atoms with E-state index in [1.807, 2.05) is 0 Å². The molecule has 0 amide bonds. The molecule has 5 heteroatoms. The zero-order chi connectivity index (χ0) is 66.1. The van der Waals surface area contributed by atoms with Gasteiger partial charge in [0.25, 0.3) is 0 Å². The van der Waals surface area contributed by atoms with E-state index < -0.39 is 6.10 Å². The zero-order valence-corrected chi connectivity index (χ0v) is 58.7. The molecule has 0 aliphatic carbocycles. The number of aliphatic hydroxyl groups excluding tert-OH is 1. The molecule has 0 aromatic heterocycles. The molecule has 1 N–H and O–H groups in total. The van der Waals surface area contributed by atoms with Gasteiger partial charge in [0.1, 0.15) is 6.61 Å². The highest BCUT2D eigenvalue weighted by Crippen LogP contribution is 2.15. The highest BCUT2D eigenvalue weighted by Gasteiger charge is 2.16. The summed E-state index contributed by atoms with van der Waals surface area (Å²) in [5.41, 5.74) is 0. The van der Waals surface area contributed by atoms with Crippen molar-refractivity contribution in [1.29, 1.82) is 0 Å². The lowest BCUT2D eigenvalue weighted by Crippen LogP contribution is -2.28. The molecule has 1 atom stereocenters. The number of rotatable bonds is 65. The highest BCUT2D eigenvalue weighted by molar-refractivity contribution is 5.70. The van der Waals surface area contributed by atoms with Crippen LogP contribution in [0.15, 0.2) is 231 Å². The van der Waals surface area contributed by atoms with Crippen molar-refractivity contribution in [1.82, 2.24) is 0 Å². The third-order valence-corrected chi connectivity index (χ3v) is 15.0. The van der Waals surface area contributed by atoms with Crippen LogP contribution in [0.1, 0.15) is 284 Å². The first kappa shape index (κ1) is 86.0. The number of unbranched alkanes of at least 4 members (excludes halogenated alkanes) is 19. The monoisotopic (exact) mass is 1260 g/mol. The van der Waals surface area contributed by atoms with Gasteiger partial charge < -0.3 is 14.6 Å². The Morgan fingerprint density at radius 1 is 0.250 bits per heavy atom.